The summed E-state index contributed by atoms with van der Waals surface area (Å²) in [5.41, 5.74) is 7.35. The minimum Gasteiger partial charge on any atom is -0.379 e. The van der Waals surface area contributed by atoms with E-state index in [0.29, 0.717) is 42.6 Å². The lowest BCUT2D eigenvalue weighted by molar-refractivity contribution is 0.0336. The van der Waals surface area contributed by atoms with E-state index in [1.54, 1.807) is 29.2 Å². The van der Waals surface area contributed by atoms with E-state index in [1.807, 2.05) is 57.2 Å². The van der Waals surface area contributed by atoms with E-state index in [9.17, 15) is 10.1 Å². The highest BCUT2D eigenvalue weighted by Gasteiger charge is 2.22. The molecule has 0 atom stereocenters. The van der Waals surface area contributed by atoms with Crippen LogP contribution in [-0.4, -0.2) is 100.0 Å². The number of hydrazine groups is 1. The van der Waals surface area contributed by atoms with Gasteiger partial charge in [0.1, 0.15) is 18.0 Å². The number of nitrogens with one attached hydrogen (secondary N) is 3. The Morgan fingerprint density at radius 2 is 1.79 bits per heavy atom. The standard InChI is InChI=1S/C35H43N11O2/c1-25-8-9-28(39-34(47)26-6-5-7-27(18-26)35(2,3)23-36)19-30(25)40-33-20-29(22-44-14-16-48-17-15-44)41-46(33)32-21-31(37-24-38-32)42-45-12-10-43(4)11-13-45/h5-9,18-21,24,40H,10-17,22H2,1-4H3,(H,39,47)(H,37,38,42). The second kappa shape index (κ2) is 14.5. The van der Waals surface area contributed by atoms with Crippen LogP contribution in [0.15, 0.2) is 60.9 Å². The van der Waals surface area contributed by atoms with Crippen molar-refractivity contribution in [1.29, 1.82) is 5.26 Å². The highest BCUT2D eigenvalue weighted by atomic mass is 16.5. The summed E-state index contributed by atoms with van der Waals surface area (Å²) in [5, 5.41) is 23.3. The largest absolute Gasteiger partial charge is 0.379 e. The number of amides is 1. The zero-order chi connectivity index (χ0) is 33.7. The average Bonchev–Trinajstić information content (AvgIpc) is 3.49. The van der Waals surface area contributed by atoms with Crippen LogP contribution in [0, 0.1) is 18.3 Å². The highest BCUT2D eigenvalue weighted by molar-refractivity contribution is 6.04. The van der Waals surface area contributed by atoms with Gasteiger partial charge in [-0.25, -0.2) is 15.0 Å². The lowest BCUT2D eigenvalue weighted by Gasteiger charge is -2.32. The van der Waals surface area contributed by atoms with Gasteiger partial charge in [0, 0.05) is 74.9 Å². The normalized spacial score (nSPS) is 16.3. The summed E-state index contributed by atoms with van der Waals surface area (Å²) >= 11 is 0. The minimum atomic E-state index is -0.702. The second-order valence-corrected chi connectivity index (χ2v) is 12.9. The van der Waals surface area contributed by atoms with Crippen molar-refractivity contribution in [2.24, 2.45) is 0 Å². The molecule has 0 spiro atoms. The van der Waals surface area contributed by atoms with Crippen molar-refractivity contribution in [3.05, 3.63) is 83.3 Å². The Morgan fingerprint density at radius 1 is 1.00 bits per heavy atom. The van der Waals surface area contributed by atoms with E-state index in [2.05, 4.69) is 54.0 Å². The molecule has 1 amide bonds. The van der Waals surface area contributed by atoms with E-state index in [1.165, 1.54) is 0 Å². The Kier molecular flexibility index (Phi) is 9.98. The number of nitriles is 1. The molecule has 2 fully saturated rings. The summed E-state index contributed by atoms with van der Waals surface area (Å²) in [4.78, 5) is 27.0. The molecule has 2 saturated heterocycles. The fourth-order valence-electron chi connectivity index (χ4n) is 5.65. The molecule has 4 heterocycles. The van der Waals surface area contributed by atoms with Crippen LogP contribution in [0.5, 0.6) is 0 Å². The molecule has 0 bridgehead atoms. The van der Waals surface area contributed by atoms with Crippen LogP contribution in [0.3, 0.4) is 0 Å². The first-order chi connectivity index (χ1) is 23.2. The quantitative estimate of drug-likeness (QED) is 0.228. The van der Waals surface area contributed by atoms with Crippen molar-refractivity contribution in [2.75, 3.05) is 75.6 Å². The van der Waals surface area contributed by atoms with Crippen molar-refractivity contribution in [2.45, 2.75) is 32.7 Å². The predicted molar refractivity (Wildman–Crippen MR) is 185 cm³/mol. The van der Waals surface area contributed by atoms with Gasteiger partial charge in [-0.15, -0.1) is 0 Å². The number of carbonyl (C=O) groups excluding carboxylic acids is 1. The van der Waals surface area contributed by atoms with Gasteiger partial charge in [0.05, 0.1) is 30.4 Å². The van der Waals surface area contributed by atoms with Gasteiger partial charge in [-0.2, -0.15) is 15.0 Å². The second-order valence-electron chi connectivity index (χ2n) is 12.9. The molecular formula is C35H43N11O2. The van der Waals surface area contributed by atoms with E-state index in [4.69, 9.17) is 9.84 Å². The van der Waals surface area contributed by atoms with E-state index >= 15 is 0 Å². The summed E-state index contributed by atoms with van der Waals surface area (Å²) in [6.45, 7) is 13.2. The van der Waals surface area contributed by atoms with Crippen LogP contribution < -0.4 is 16.1 Å². The molecule has 0 saturated carbocycles. The molecule has 48 heavy (non-hydrogen) atoms. The number of aromatic nitrogens is 4. The minimum absolute atomic E-state index is 0.250. The molecule has 13 heteroatoms. The SMILES string of the molecule is Cc1ccc(NC(=O)c2cccc(C(C)(C)C#N)c2)cc1Nc1cc(CN2CCOCC2)nn1-c1cc(NN2CCN(C)CC2)ncn1. The molecule has 0 unspecified atom stereocenters. The van der Waals surface area contributed by atoms with Gasteiger partial charge < -0.3 is 25.7 Å². The third-order valence-corrected chi connectivity index (χ3v) is 8.78. The van der Waals surface area contributed by atoms with Gasteiger partial charge in [-0.3, -0.25) is 9.69 Å². The Morgan fingerprint density at radius 3 is 2.56 bits per heavy atom. The number of benzene rings is 2. The Bertz CT molecular complexity index is 1780. The molecule has 4 aromatic rings. The third kappa shape index (κ3) is 7.98. The molecule has 13 nitrogen and oxygen atoms in total. The maximum absolute atomic E-state index is 13.3. The van der Waals surface area contributed by atoms with E-state index in [0.717, 1.165) is 67.6 Å². The van der Waals surface area contributed by atoms with Gasteiger partial charge in [-0.1, -0.05) is 18.2 Å². The number of nitrogens with zero attached hydrogens (tertiary/aromatic N) is 8. The molecule has 2 aliphatic rings. The summed E-state index contributed by atoms with van der Waals surface area (Å²) < 4.78 is 7.35. The third-order valence-electron chi connectivity index (χ3n) is 8.78. The van der Waals surface area contributed by atoms with Crippen LogP contribution in [0.2, 0.25) is 0 Å². The van der Waals surface area contributed by atoms with Crippen LogP contribution in [0.25, 0.3) is 5.82 Å². The Balaban J connectivity index is 1.25. The molecule has 2 aromatic heterocycles. The first kappa shape index (κ1) is 33.0. The lowest BCUT2D eigenvalue weighted by atomic mass is 9.85. The van der Waals surface area contributed by atoms with E-state index in [-0.39, 0.29) is 5.91 Å². The number of rotatable bonds is 10. The number of anilines is 4. The Hall–Kier alpha value is -4.87. The van der Waals surface area contributed by atoms with Crippen molar-refractivity contribution < 1.29 is 9.53 Å². The summed E-state index contributed by atoms with van der Waals surface area (Å²) in [7, 11) is 2.13. The number of ether oxygens (including phenoxy) is 1. The van der Waals surface area contributed by atoms with Crippen LogP contribution in [-0.2, 0) is 16.7 Å². The monoisotopic (exact) mass is 649 g/mol. The summed E-state index contributed by atoms with van der Waals surface area (Å²) in [5.74, 6) is 1.81. The lowest BCUT2D eigenvalue weighted by Crippen LogP contribution is -2.47. The number of aryl methyl sites for hydroxylation is 1. The maximum atomic E-state index is 13.3. The zero-order valence-electron chi connectivity index (χ0n) is 28.0. The molecule has 2 aliphatic heterocycles. The van der Waals surface area contributed by atoms with E-state index < -0.39 is 5.41 Å². The van der Waals surface area contributed by atoms with Gasteiger partial charge in [0.15, 0.2) is 5.82 Å². The van der Waals surface area contributed by atoms with Crippen LogP contribution >= 0.6 is 0 Å². The van der Waals surface area contributed by atoms with Crippen molar-refractivity contribution in [3.8, 4) is 11.9 Å². The zero-order valence-corrected chi connectivity index (χ0v) is 28.0. The van der Waals surface area contributed by atoms with Gasteiger partial charge >= 0.3 is 0 Å². The molecule has 2 aromatic carbocycles. The number of piperazine rings is 1. The highest BCUT2D eigenvalue weighted by Crippen LogP contribution is 2.28. The van der Waals surface area contributed by atoms with Crippen molar-refractivity contribution in [3.63, 3.8) is 0 Å². The van der Waals surface area contributed by atoms with Gasteiger partial charge in [-0.05, 0) is 63.2 Å². The number of hydrogen-bond acceptors (Lipinski definition) is 11. The fourth-order valence-corrected chi connectivity index (χ4v) is 5.65. The average molecular weight is 650 g/mol. The smallest absolute Gasteiger partial charge is 0.255 e. The number of likely N-dealkylation sites (N-methyl/N-ethyl adjacent to an activating group) is 1. The topological polar surface area (TPSA) is 140 Å². The molecule has 250 valence electrons. The molecule has 0 aliphatic carbocycles. The molecule has 6 rings (SSSR count). The number of morpholine rings is 1. The maximum Gasteiger partial charge on any atom is 0.255 e. The first-order valence-electron chi connectivity index (χ1n) is 16.3. The predicted octanol–water partition coefficient (Wildman–Crippen LogP) is 4.17. The summed E-state index contributed by atoms with van der Waals surface area (Å²) in [6.07, 6.45) is 1.55. The number of carbonyl (C=O) groups is 1. The Labute approximate surface area is 281 Å². The van der Waals surface area contributed by atoms with Gasteiger partial charge in [0.2, 0.25) is 0 Å². The number of hydrogen-bond donors (Lipinski definition) is 3. The summed E-state index contributed by atoms with van der Waals surface area (Å²) in [6, 6.07) is 19.2. The first-order valence-corrected chi connectivity index (χ1v) is 16.3. The van der Waals surface area contributed by atoms with Crippen molar-refractivity contribution >= 4 is 28.9 Å². The molecular weight excluding hydrogens is 606 g/mol. The molecule has 3 N–H and O–H groups in total. The van der Waals surface area contributed by atoms with Crippen LogP contribution in [0.4, 0.5) is 23.0 Å². The van der Waals surface area contributed by atoms with Crippen LogP contribution in [0.1, 0.15) is 41.0 Å². The van der Waals surface area contributed by atoms with Crippen molar-refractivity contribution in [1.82, 2.24) is 34.6 Å². The fraction of sp³-hybridized carbons (Fsp3) is 0.400. The van der Waals surface area contributed by atoms with Gasteiger partial charge in [0.25, 0.3) is 5.91 Å². The molecule has 0 radical (unpaired) electrons.